The van der Waals surface area contributed by atoms with Crippen molar-refractivity contribution in [2.75, 3.05) is 6.54 Å². The fraction of sp³-hybridized carbons (Fsp3) is 0.735. The van der Waals surface area contributed by atoms with Crippen molar-refractivity contribution < 1.29 is 28.0 Å². The van der Waals surface area contributed by atoms with Crippen molar-refractivity contribution >= 4 is 23.3 Å². The molecule has 1 amide bonds. The van der Waals surface area contributed by atoms with Crippen molar-refractivity contribution in [1.29, 1.82) is 0 Å². The quantitative estimate of drug-likeness (QED) is 0.383. The normalized spacial score (nSPS) is 41.7. The van der Waals surface area contributed by atoms with Gasteiger partial charge in [0.1, 0.15) is 0 Å². The molecule has 0 bridgehead atoms. The molecule has 0 aliphatic heterocycles. The Bertz CT molecular complexity index is 1370. The molecule has 0 heterocycles. The predicted octanol–water partition coefficient (Wildman–Crippen LogP) is 6.51. The van der Waals surface area contributed by atoms with E-state index in [1.54, 1.807) is 6.08 Å². The van der Waals surface area contributed by atoms with Crippen LogP contribution >= 0.6 is 0 Å². The fourth-order valence-corrected chi connectivity index (χ4v) is 10.5. The summed E-state index contributed by atoms with van der Waals surface area (Å²) >= 11 is 0. The molecule has 228 valence electrons. The molecule has 42 heavy (non-hydrogen) atoms. The minimum absolute atomic E-state index is 0.0180. The van der Waals surface area contributed by atoms with Gasteiger partial charge < -0.3 is 10.1 Å². The molecule has 0 radical (unpaired) electrons. The van der Waals surface area contributed by atoms with Gasteiger partial charge in [-0.3, -0.25) is 14.4 Å². The zero-order valence-electron chi connectivity index (χ0n) is 26.0. The first-order valence-corrected chi connectivity index (χ1v) is 15.3. The van der Waals surface area contributed by atoms with Gasteiger partial charge in [0.15, 0.2) is 17.3 Å². The van der Waals surface area contributed by atoms with Crippen molar-refractivity contribution in [2.45, 2.75) is 99.8 Å². The molecule has 0 unspecified atom stereocenters. The number of hydrogen-bond acceptors (Lipinski definition) is 4. The number of nitrogens with zero attached hydrogens (tertiary/aromatic N) is 1. The molecule has 5 rings (SSSR count). The second kappa shape index (κ2) is 9.40. The molecule has 0 spiro atoms. The highest BCUT2D eigenvalue weighted by Gasteiger charge is 2.70. The Balaban J connectivity index is 1.62. The van der Waals surface area contributed by atoms with Crippen LogP contribution in [0.15, 0.2) is 23.4 Å². The van der Waals surface area contributed by atoms with E-state index in [0.29, 0.717) is 25.7 Å². The van der Waals surface area contributed by atoms with Gasteiger partial charge in [-0.05, 0) is 79.1 Å². The van der Waals surface area contributed by atoms with Crippen LogP contribution in [0.5, 0.6) is 0 Å². The Hall–Kier alpha value is -2.69. The lowest BCUT2D eigenvalue weighted by Gasteiger charge is -2.69. The van der Waals surface area contributed by atoms with E-state index < -0.39 is 51.9 Å². The molecule has 3 saturated carbocycles. The smallest absolute Gasteiger partial charge is 0.315 e. The summed E-state index contributed by atoms with van der Waals surface area (Å²) in [4.78, 5) is 56.9. The van der Waals surface area contributed by atoms with E-state index in [2.05, 4.69) is 44.8 Å². The predicted molar refractivity (Wildman–Crippen MR) is 154 cm³/mol. The molecular weight excluding hydrogens is 538 g/mol. The van der Waals surface area contributed by atoms with Gasteiger partial charge in [-0.1, -0.05) is 60.1 Å². The number of allylic oxidation sites excluding steroid dienone is 4. The molecular formula is C34H44F2N2O4. The van der Waals surface area contributed by atoms with Crippen LogP contribution < -0.4 is 5.32 Å². The lowest BCUT2D eigenvalue weighted by molar-refractivity contribution is -0.177. The summed E-state index contributed by atoms with van der Waals surface area (Å²) in [6.45, 7) is 22.0. The van der Waals surface area contributed by atoms with E-state index in [4.69, 9.17) is 6.57 Å². The van der Waals surface area contributed by atoms with E-state index in [0.717, 1.165) is 24.8 Å². The van der Waals surface area contributed by atoms with Gasteiger partial charge in [0.2, 0.25) is 5.70 Å². The minimum Gasteiger partial charge on any atom is -0.344 e. The Morgan fingerprint density at radius 2 is 1.67 bits per heavy atom. The van der Waals surface area contributed by atoms with E-state index in [1.165, 1.54) is 0 Å². The summed E-state index contributed by atoms with van der Waals surface area (Å²) in [5, 5.41) is 2.14. The van der Waals surface area contributed by atoms with Crippen LogP contribution in [-0.4, -0.2) is 36.2 Å². The number of carbonyl (C=O) groups excluding carboxylic acids is 4. The molecule has 5 aliphatic rings. The number of rotatable bonds is 4. The maximum atomic E-state index is 14.5. The first-order chi connectivity index (χ1) is 19.3. The lowest BCUT2D eigenvalue weighted by Crippen LogP contribution is -2.66. The van der Waals surface area contributed by atoms with Crippen LogP contribution in [0, 0.1) is 56.8 Å². The number of Topliss-reactive ketones (excluding diaryl/α,β-unsaturated/α-hetero) is 2. The zero-order valence-corrected chi connectivity index (χ0v) is 26.0. The van der Waals surface area contributed by atoms with E-state index in [1.807, 2.05) is 19.9 Å². The Labute approximate surface area is 248 Å². The Kier molecular flexibility index (Phi) is 6.89. The second-order valence-electron chi connectivity index (χ2n) is 15.8. The highest BCUT2D eigenvalue weighted by atomic mass is 19.3. The number of nitrogens with one attached hydrogen (secondary N) is 1. The summed E-state index contributed by atoms with van der Waals surface area (Å²) in [7, 11) is 0. The van der Waals surface area contributed by atoms with Crippen LogP contribution in [0.1, 0.15) is 93.4 Å². The number of alkyl halides is 2. The number of ketones is 3. The van der Waals surface area contributed by atoms with Crippen molar-refractivity contribution in [3.8, 4) is 0 Å². The largest absolute Gasteiger partial charge is 0.344 e. The average Bonchev–Trinajstić information content (AvgIpc) is 2.90. The Morgan fingerprint density at radius 3 is 2.29 bits per heavy atom. The van der Waals surface area contributed by atoms with Gasteiger partial charge >= 0.3 is 6.43 Å². The summed E-state index contributed by atoms with van der Waals surface area (Å²) < 4.78 is 25.9. The molecule has 0 saturated heterocycles. The van der Waals surface area contributed by atoms with Crippen molar-refractivity contribution in [2.24, 2.45) is 50.2 Å². The Morgan fingerprint density at radius 1 is 1.02 bits per heavy atom. The number of amides is 1. The lowest BCUT2D eigenvalue weighted by atomic mass is 9.34. The van der Waals surface area contributed by atoms with Crippen molar-refractivity contribution in [3.05, 3.63) is 34.8 Å². The standard InChI is InChI=1S/C34H44F2N2O4/c1-29(2)11-13-34(24(40)18-38-28(42)27(35)36)14-12-33(7)25(19(34)16-29)21(39)15-23-31(5)17-20(37-8)26(41)30(3,4)22(31)9-10-32(23,33)6/h15,17,19,22,25,27H,9-14,16,18H2,1-7H3,(H,38,42)/t19-,22-,25-,31-,32+,33+,34-/m0/s1. The third-order valence-electron chi connectivity index (χ3n) is 13.0. The second-order valence-corrected chi connectivity index (χ2v) is 15.8. The van der Waals surface area contributed by atoms with Crippen molar-refractivity contribution in [3.63, 3.8) is 0 Å². The number of carbonyl (C=O) groups is 4. The maximum absolute atomic E-state index is 14.5. The first kappa shape index (κ1) is 30.8. The number of fused-ring (bicyclic) bond motifs is 7. The van der Waals surface area contributed by atoms with E-state index in [9.17, 15) is 28.0 Å². The van der Waals surface area contributed by atoms with Gasteiger partial charge in [0.05, 0.1) is 13.1 Å². The summed E-state index contributed by atoms with van der Waals surface area (Å²) in [5.74, 6) is -2.62. The molecule has 6 nitrogen and oxygen atoms in total. The van der Waals surface area contributed by atoms with Crippen molar-refractivity contribution in [1.82, 2.24) is 5.32 Å². The monoisotopic (exact) mass is 582 g/mol. The fourth-order valence-electron chi connectivity index (χ4n) is 10.5. The van der Waals surface area contributed by atoms with Crippen LogP contribution in [0.2, 0.25) is 0 Å². The van der Waals surface area contributed by atoms with Crippen LogP contribution in [0.25, 0.3) is 4.85 Å². The highest BCUT2D eigenvalue weighted by molar-refractivity contribution is 6.03. The third kappa shape index (κ3) is 3.97. The van der Waals surface area contributed by atoms with Gasteiger partial charge in [0, 0.05) is 22.2 Å². The number of halogens is 2. The average molecular weight is 583 g/mol. The molecule has 1 N–H and O–H groups in total. The van der Waals surface area contributed by atoms with Gasteiger partial charge in [0.25, 0.3) is 5.91 Å². The molecule has 0 aromatic heterocycles. The van der Waals surface area contributed by atoms with E-state index in [-0.39, 0.29) is 40.3 Å². The van der Waals surface area contributed by atoms with Gasteiger partial charge in [-0.25, -0.2) is 4.85 Å². The van der Waals surface area contributed by atoms with Crippen LogP contribution in [-0.2, 0) is 19.2 Å². The zero-order chi connectivity index (χ0) is 31.3. The minimum atomic E-state index is -3.19. The molecule has 8 heteroatoms. The third-order valence-corrected chi connectivity index (χ3v) is 13.0. The maximum Gasteiger partial charge on any atom is 0.315 e. The molecule has 0 aromatic carbocycles. The topological polar surface area (TPSA) is 84.7 Å². The summed E-state index contributed by atoms with van der Waals surface area (Å²) in [5.41, 5.74) is -2.09. The summed E-state index contributed by atoms with van der Waals surface area (Å²) in [6, 6.07) is 0. The molecule has 7 atom stereocenters. The molecule has 5 aliphatic carbocycles. The SMILES string of the molecule is [C-]#[N+]C1=C[C@]2(C)C3=CC(=O)[C@@H]4[C@@H]5CC(C)(C)CC[C@]5(C(=O)CNC(=O)C(F)F)CC[C@@]4(C)[C@]3(C)CC[C@H]2C(C)(C)C1=O. The molecule has 0 aromatic rings. The highest BCUT2D eigenvalue weighted by Crippen LogP contribution is 2.74. The van der Waals surface area contributed by atoms with Gasteiger partial charge in [-0.2, -0.15) is 8.78 Å². The molecule has 3 fully saturated rings. The summed E-state index contributed by atoms with van der Waals surface area (Å²) in [6.07, 6.45) is 5.15. The first-order valence-electron chi connectivity index (χ1n) is 15.3. The van der Waals surface area contributed by atoms with Crippen LogP contribution in [0.3, 0.4) is 0 Å². The van der Waals surface area contributed by atoms with Gasteiger partial charge in [-0.15, -0.1) is 0 Å². The number of hydrogen-bond donors (Lipinski definition) is 1. The van der Waals surface area contributed by atoms with Crippen LogP contribution in [0.4, 0.5) is 8.78 Å². The van der Waals surface area contributed by atoms with E-state index >= 15 is 0 Å².